The van der Waals surface area contributed by atoms with Gasteiger partial charge in [0.25, 0.3) is 0 Å². The molecular weight excluding hydrogens is 264 g/mol. The van der Waals surface area contributed by atoms with Crippen LogP contribution in [0.25, 0.3) is 0 Å². The predicted molar refractivity (Wildman–Crippen MR) is 83.9 cm³/mol. The maximum atomic E-state index is 12.1. The van der Waals surface area contributed by atoms with E-state index in [9.17, 15) is 4.79 Å². The van der Waals surface area contributed by atoms with Gasteiger partial charge in [0, 0.05) is 18.8 Å². The molecular formula is C17H20N2O2. The first-order valence-electron chi connectivity index (χ1n) is 7.00. The fraction of sp³-hybridized carbons (Fsp3) is 0.235. The molecule has 0 heterocycles. The molecule has 110 valence electrons. The number of carbonyl (C=O) groups is 1. The van der Waals surface area contributed by atoms with Crippen molar-refractivity contribution in [2.75, 3.05) is 25.0 Å². The summed E-state index contributed by atoms with van der Waals surface area (Å²) in [6, 6.07) is 19.3. The molecule has 2 rings (SSSR count). The average Bonchev–Trinajstić information content (AvgIpc) is 2.49. The van der Waals surface area contributed by atoms with Crippen LogP contribution in [0.1, 0.15) is 5.56 Å². The molecule has 2 aromatic rings. The molecule has 0 atom stereocenters. The Bertz CT molecular complexity index is 543. The SMILES string of the molecule is O=C(CN(CCO)Cc1ccccc1)Nc1ccccc1. The predicted octanol–water partition coefficient (Wildman–Crippen LogP) is 2.12. The summed E-state index contributed by atoms with van der Waals surface area (Å²) in [6.07, 6.45) is 0. The van der Waals surface area contributed by atoms with Gasteiger partial charge in [-0.05, 0) is 17.7 Å². The highest BCUT2D eigenvalue weighted by Crippen LogP contribution is 2.07. The minimum Gasteiger partial charge on any atom is -0.395 e. The first-order chi connectivity index (χ1) is 10.3. The van der Waals surface area contributed by atoms with Crippen molar-refractivity contribution in [2.45, 2.75) is 6.54 Å². The van der Waals surface area contributed by atoms with Gasteiger partial charge in [0.15, 0.2) is 0 Å². The van der Waals surface area contributed by atoms with Crippen LogP contribution in [0.2, 0.25) is 0 Å². The number of carbonyl (C=O) groups excluding carboxylic acids is 1. The Morgan fingerprint density at radius 2 is 1.62 bits per heavy atom. The fourth-order valence-corrected chi connectivity index (χ4v) is 2.12. The van der Waals surface area contributed by atoms with Crippen LogP contribution in [-0.4, -0.2) is 35.6 Å². The van der Waals surface area contributed by atoms with E-state index in [0.717, 1.165) is 11.3 Å². The van der Waals surface area contributed by atoms with E-state index in [4.69, 9.17) is 5.11 Å². The normalized spacial score (nSPS) is 10.6. The summed E-state index contributed by atoms with van der Waals surface area (Å²) in [4.78, 5) is 14.0. The Labute approximate surface area is 125 Å². The van der Waals surface area contributed by atoms with Crippen molar-refractivity contribution >= 4 is 11.6 Å². The van der Waals surface area contributed by atoms with Crippen molar-refractivity contribution in [1.29, 1.82) is 0 Å². The van der Waals surface area contributed by atoms with Crippen LogP contribution in [0, 0.1) is 0 Å². The van der Waals surface area contributed by atoms with Crippen molar-refractivity contribution in [2.24, 2.45) is 0 Å². The number of aliphatic hydroxyl groups is 1. The molecule has 2 aromatic carbocycles. The number of hydrogen-bond acceptors (Lipinski definition) is 3. The summed E-state index contributed by atoms with van der Waals surface area (Å²) in [5, 5.41) is 12.0. The Hall–Kier alpha value is -2.17. The van der Waals surface area contributed by atoms with Gasteiger partial charge in [0.2, 0.25) is 5.91 Å². The van der Waals surface area contributed by atoms with Crippen LogP contribution < -0.4 is 5.32 Å². The number of aliphatic hydroxyl groups excluding tert-OH is 1. The summed E-state index contributed by atoms with van der Waals surface area (Å²) in [5.74, 6) is -0.0782. The van der Waals surface area contributed by atoms with Crippen LogP contribution in [0.15, 0.2) is 60.7 Å². The minimum absolute atomic E-state index is 0.0332. The number of rotatable bonds is 7. The fourth-order valence-electron chi connectivity index (χ4n) is 2.12. The summed E-state index contributed by atoms with van der Waals surface area (Å²) in [5.41, 5.74) is 1.91. The Morgan fingerprint density at radius 3 is 2.24 bits per heavy atom. The third kappa shape index (κ3) is 5.38. The van der Waals surface area contributed by atoms with Crippen molar-refractivity contribution in [3.8, 4) is 0 Å². The van der Waals surface area contributed by atoms with Gasteiger partial charge >= 0.3 is 0 Å². The highest BCUT2D eigenvalue weighted by molar-refractivity contribution is 5.92. The topological polar surface area (TPSA) is 52.6 Å². The first-order valence-corrected chi connectivity index (χ1v) is 7.00. The van der Waals surface area contributed by atoms with Crippen molar-refractivity contribution in [3.05, 3.63) is 66.2 Å². The smallest absolute Gasteiger partial charge is 0.238 e. The maximum Gasteiger partial charge on any atom is 0.238 e. The van der Waals surface area contributed by atoms with Crippen molar-refractivity contribution in [3.63, 3.8) is 0 Å². The lowest BCUT2D eigenvalue weighted by Crippen LogP contribution is -2.34. The van der Waals surface area contributed by atoms with Gasteiger partial charge in [0.1, 0.15) is 0 Å². The number of amides is 1. The molecule has 4 nitrogen and oxygen atoms in total. The molecule has 0 unspecified atom stereocenters. The number of anilines is 1. The Balaban J connectivity index is 1.91. The minimum atomic E-state index is -0.0782. The molecule has 0 radical (unpaired) electrons. The second-order valence-corrected chi connectivity index (χ2v) is 4.83. The van der Waals surface area contributed by atoms with Crippen LogP contribution in [0.4, 0.5) is 5.69 Å². The molecule has 2 N–H and O–H groups in total. The van der Waals surface area contributed by atoms with E-state index in [2.05, 4.69) is 5.32 Å². The summed E-state index contributed by atoms with van der Waals surface area (Å²) in [6.45, 7) is 1.40. The van der Waals surface area contributed by atoms with E-state index in [1.165, 1.54) is 0 Å². The molecule has 0 spiro atoms. The van der Waals surface area contributed by atoms with Gasteiger partial charge < -0.3 is 10.4 Å². The number of nitrogens with one attached hydrogen (secondary N) is 1. The summed E-state index contributed by atoms with van der Waals surface area (Å²) < 4.78 is 0. The van der Waals surface area contributed by atoms with Gasteiger partial charge in [0.05, 0.1) is 13.2 Å². The number of para-hydroxylation sites is 1. The molecule has 0 saturated heterocycles. The molecule has 0 aliphatic carbocycles. The van der Waals surface area contributed by atoms with Crippen LogP contribution >= 0.6 is 0 Å². The molecule has 0 bridgehead atoms. The largest absolute Gasteiger partial charge is 0.395 e. The van der Waals surface area contributed by atoms with Gasteiger partial charge in [-0.3, -0.25) is 9.69 Å². The van der Waals surface area contributed by atoms with E-state index < -0.39 is 0 Å². The van der Waals surface area contributed by atoms with Gasteiger partial charge in [-0.2, -0.15) is 0 Å². The van der Waals surface area contributed by atoms with Crippen LogP contribution in [-0.2, 0) is 11.3 Å². The summed E-state index contributed by atoms with van der Waals surface area (Å²) in [7, 11) is 0. The monoisotopic (exact) mass is 284 g/mol. The number of benzene rings is 2. The lowest BCUT2D eigenvalue weighted by molar-refractivity contribution is -0.117. The molecule has 0 aromatic heterocycles. The van der Waals surface area contributed by atoms with E-state index >= 15 is 0 Å². The maximum absolute atomic E-state index is 12.1. The average molecular weight is 284 g/mol. The molecule has 4 heteroatoms. The van der Waals surface area contributed by atoms with E-state index in [0.29, 0.717) is 13.1 Å². The highest BCUT2D eigenvalue weighted by Gasteiger charge is 2.11. The van der Waals surface area contributed by atoms with Crippen LogP contribution in [0.3, 0.4) is 0 Å². The second-order valence-electron chi connectivity index (χ2n) is 4.83. The Kier molecular flexibility index (Phi) is 5.94. The zero-order chi connectivity index (χ0) is 14.9. The van der Waals surface area contributed by atoms with Crippen molar-refractivity contribution < 1.29 is 9.90 Å². The van der Waals surface area contributed by atoms with Gasteiger partial charge in [-0.25, -0.2) is 0 Å². The molecule has 21 heavy (non-hydrogen) atoms. The van der Waals surface area contributed by atoms with E-state index in [1.54, 1.807) is 0 Å². The molecule has 0 aliphatic rings. The van der Waals surface area contributed by atoms with Crippen molar-refractivity contribution in [1.82, 2.24) is 4.90 Å². The lowest BCUT2D eigenvalue weighted by atomic mass is 10.2. The molecule has 0 aliphatic heterocycles. The molecule has 1 amide bonds. The van der Waals surface area contributed by atoms with E-state index in [1.807, 2.05) is 65.6 Å². The Morgan fingerprint density at radius 1 is 1.00 bits per heavy atom. The molecule has 0 saturated carbocycles. The highest BCUT2D eigenvalue weighted by atomic mass is 16.3. The standard InChI is InChI=1S/C17H20N2O2/c20-12-11-19(13-15-7-3-1-4-8-15)14-17(21)18-16-9-5-2-6-10-16/h1-10,20H,11-14H2,(H,18,21). The zero-order valence-corrected chi connectivity index (χ0v) is 11.9. The first kappa shape index (κ1) is 15.2. The van der Waals surface area contributed by atoms with Crippen LogP contribution in [0.5, 0.6) is 0 Å². The lowest BCUT2D eigenvalue weighted by Gasteiger charge is -2.20. The number of nitrogens with zero attached hydrogens (tertiary/aromatic N) is 1. The quantitative estimate of drug-likeness (QED) is 0.819. The third-order valence-electron chi connectivity index (χ3n) is 3.09. The van der Waals surface area contributed by atoms with Gasteiger partial charge in [-0.1, -0.05) is 48.5 Å². The van der Waals surface area contributed by atoms with Gasteiger partial charge in [-0.15, -0.1) is 0 Å². The third-order valence-corrected chi connectivity index (χ3v) is 3.09. The summed E-state index contributed by atoms with van der Waals surface area (Å²) >= 11 is 0. The van der Waals surface area contributed by atoms with E-state index in [-0.39, 0.29) is 19.1 Å². The molecule has 0 fully saturated rings. The second kappa shape index (κ2) is 8.19. The number of hydrogen-bond donors (Lipinski definition) is 2. The zero-order valence-electron chi connectivity index (χ0n) is 11.9.